The van der Waals surface area contributed by atoms with Crippen LogP contribution in [0.4, 0.5) is 8.78 Å². The number of benzene rings is 1. The molecule has 7 nitrogen and oxygen atoms in total. The molecule has 134 valence electrons. The molecule has 1 aliphatic rings. The number of sulfonamides is 1. The van der Waals surface area contributed by atoms with E-state index in [-0.39, 0.29) is 32.1 Å². The maximum absolute atomic E-state index is 13.8. The normalized spacial score (nSPS) is 16.2. The van der Waals surface area contributed by atoms with Gasteiger partial charge in [0.2, 0.25) is 10.0 Å². The number of rotatable bonds is 3. The maximum Gasteiger partial charge on any atom is 0.257 e. The van der Waals surface area contributed by atoms with Crippen LogP contribution < -0.4 is 0 Å². The molecule has 1 saturated heterocycles. The van der Waals surface area contributed by atoms with Gasteiger partial charge in [0.15, 0.2) is 0 Å². The minimum atomic E-state index is -4.08. The quantitative estimate of drug-likeness (QED) is 0.803. The number of aryl methyl sites for hydroxylation is 1. The Morgan fingerprint density at radius 2 is 1.84 bits per heavy atom. The monoisotopic (exact) mass is 370 g/mol. The Morgan fingerprint density at radius 3 is 2.40 bits per heavy atom. The molecule has 25 heavy (non-hydrogen) atoms. The van der Waals surface area contributed by atoms with E-state index < -0.39 is 26.6 Å². The molecule has 0 aliphatic carbocycles. The molecule has 2 heterocycles. The number of nitrogens with zero attached hydrogens (tertiary/aromatic N) is 4. The topological polar surface area (TPSA) is 75.5 Å². The van der Waals surface area contributed by atoms with E-state index in [2.05, 4.69) is 5.10 Å². The fraction of sp³-hybridized carbons (Fsp3) is 0.333. The molecule has 0 saturated carbocycles. The summed E-state index contributed by atoms with van der Waals surface area (Å²) in [6.07, 6.45) is 3.03. The Bertz CT molecular complexity index is 905. The molecule has 1 aliphatic heterocycles. The van der Waals surface area contributed by atoms with Gasteiger partial charge in [-0.3, -0.25) is 9.48 Å². The van der Waals surface area contributed by atoms with Crippen LogP contribution in [0.1, 0.15) is 10.4 Å². The molecule has 0 bridgehead atoms. The Hall–Kier alpha value is -2.33. The van der Waals surface area contributed by atoms with E-state index in [4.69, 9.17) is 0 Å². The van der Waals surface area contributed by atoms with E-state index in [1.54, 1.807) is 13.2 Å². The number of hydrogen-bond acceptors (Lipinski definition) is 4. The van der Waals surface area contributed by atoms with Crippen molar-refractivity contribution in [2.24, 2.45) is 7.05 Å². The summed E-state index contributed by atoms with van der Waals surface area (Å²) in [4.78, 5) is 13.3. The highest BCUT2D eigenvalue weighted by molar-refractivity contribution is 7.89. The van der Waals surface area contributed by atoms with Crippen molar-refractivity contribution in [2.75, 3.05) is 26.2 Å². The molecule has 1 fully saturated rings. The largest absolute Gasteiger partial charge is 0.336 e. The molecular formula is C15H16F2N4O3S. The second-order valence-corrected chi connectivity index (χ2v) is 7.58. The van der Waals surface area contributed by atoms with Crippen molar-refractivity contribution in [1.82, 2.24) is 19.0 Å². The molecule has 0 spiro atoms. The zero-order valence-corrected chi connectivity index (χ0v) is 14.2. The lowest BCUT2D eigenvalue weighted by Gasteiger charge is -2.33. The lowest BCUT2D eigenvalue weighted by atomic mass is 10.2. The van der Waals surface area contributed by atoms with Crippen LogP contribution in [-0.4, -0.2) is 59.5 Å². The highest BCUT2D eigenvalue weighted by atomic mass is 32.2. The zero-order valence-electron chi connectivity index (χ0n) is 13.4. The summed E-state index contributed by atoms with van der Waals surface area (Å²) in [5.74, 6) is -2.21. The van der Waals surface area contributed by atoms with Gasteiger partial charge in [0, 0.05) is 45.5 Å². The Kier molecular flexibility index (Phi) is 4.56. The number of aromatic nitrogens is 2. The van der Waals surface area contributed by atoms with Gasteiger partial charge < -0.3 is 4.90 Å². The highest BCUT2D eigenvalue weighted by Crippen LogP contribution is 2.21. The van der Waals surface area contributed by atoms with Crippen molar-refractivity contribution < 1.29 is 22.0 Å². The van der Waals surface area contributed by atoms with Gasteiger partial charge in [-0.1, -0.05) is 0 Å². The first-order valence-corrected chi connectivity index (χ1v) is 8.96. The number of carbonyl (C=O) groups excluding carboxylic acids is 1. The van der Waals surface area contributed by atoms with Crippen molar-refractivity contribution in [2.45, 2.75) is 4.90 Å². The SMILES string of the molecule is Cn1cc(C(=O)N2CCN(S(=O)(=O)c3ccc(F)cc3F)CC2)cn1. The highest BCUT2D eigenvalue weighted by Gasteiger charge is 2.32. The third-order valence-corrected chi connectivity index (χ3v) is 5.92. The van der Waals surface area contributed by atoms with Crippen LogP contribution >= 0.6 is 0 Å². The number of hydrogen-bond donors (Lipinski definition) is 0. The number of piperazine rings is 1. The summed E-state index contributed by atoms with van der Waals surface area (Å²) in [5.41, 5.74) is 0.420. The van der Waals surface area contributed by atoms with Crippen LogP contribution in [-0.2, 0) is 17.1 Å². The van der Waals surface area contributed by atoms with Crippen LogP contribution in [0.2, 0.25) is 0 Å². The van der Waals surface area contributed by atoms with E-state index in [1.165, 1.54) is 15.8 Å². The maximum atomic E-state index is 13.8. The van der Waals surface area contributed by atoms with Gasteiger partial charge in [0.05, 0.1) is 11.8 Å². The van der Waals surface area contributed by atoms with E-state index in [1.807, 2.05) is 0 Å². The molecule has 0 N–H and O–H groups in total. The second-order valence-electron chi connectivity index (χ2n) is 5.67. The average Bonchev–Trinajstić information content (AvgIpc) is 3.00. The van der Waals surface area contributed by atoms with Gasteiger partial charge >= 0.3 is 0 Å². The molecule has 10 heteroatoms. The third-order valence-electron chi connectivity index (χ3n) is 3.99. The van der Waals surface area contributed by atoms with Crippen molar-refractivity contribution in [3.05, 3.63) is 47.8 Å². The summed E-state index contributed by atoms with van der Waals surface area (Å²) in [7, 11) is -2.39. The van der Waals surface area contributed by atoms with Crippen LogP contribution in [0.25, 0.3) is 0 Å². The van der Waals surface area contributed by atoms with Crippen molar-refractivity contribution in [1.29, 1.82) is 0 Å². The number of amides is 1. The first-order valence-electron chi connectivity index (χ1n) is 7.52. The summed E-state index contributed by atoms with van der Waals surface area (Å²) in [6, 6.07) is 2.35. The van der Waals surface area contributed by atoms with Crippen LogP contribution in [0, 0.1) is 11.6 Å². The molecule has 0 atom stereocenters. The number of carbonyl (C=O) groups is 1. The van der Waals surface area contributed by atoms with Crippen LogP contribution in [0.5, 0.6) is 0 Å². The molecule has 1 aromatic heterocycles. The molecule has 0 radical (unpaired) electrons. The van der Waals surface area contributed by atoms with Crippen LogP contribution in [0.3, 0.4) is 0 Å². The lowest BCUT2D eigenvalue weighted by molar-refractivity contribution is 0.0697. The van der Waals surface area contributed by atoms with Crippen molar-refractivity contribution in [3.63, 3.8) is 0 Å². The first kappa shape index (κ1) is 17.5. The zero-order chi connectivity index (χ0) is 18.2. The van der Waals surface area contributed by atoms with Crippen LogP contribution in [0.15, 0.2) is 35.5 Å². The Balaban J connectivity index is 1.72. The second kappa shape index (κ2) is 6.52. The Labute approximate surface area is 143 Å². The number of halogens is 2. The molecule has 2 aromatic rings. The molecule has 0 unspecified atom stereocenters. The third kappa shape index (κ3) is 3.40. The van der Waals surface area contributed by atoms with Gasteiger partial charge in [0.25, 0.3) is 5.91 Å². The fourth-order valence-electron chi connectivity index (χ4n) is 2.67. The smallest absolute Gasteiger partial charge is 0.257 e. The van der Waals surface area contributed by atoms with Crippen molar-refractivity contribution in [3.8, 4) is 0 Å². The molecule has 1 amide bonds. The van der Waals surface area contributed by atoms with Gasteiger partial charge in [-0.05, 0) is 12.1 Å². The first-order chi connectivity index (χ1) is 11.8. The van der Waals surface area contributed by atoms with E-state index in [0.29, 0.717) is 11.6 Å². The fourth-order valence-corrected chi connectivity index (χ4v) is 4.14. The predicted molar refractivity (Wildman–Crippen MR) is 84.2 cm³/mol. The van der Waals surface area contributed by atoms with Gasteiger partial charge in [-0.25, -0.2) is 17.2 Å². The summed E-state index contributed by atoms with van der Waals surface area (Å²) in [5, 5.41) is 3.93. The summed E-state index contributed by atoms with van der Waals surface area (Å²) < 4.78 is 54.4. The standard InChI is InChI=1S/C15H16F2N4O3S/c1-19-10-11(9-18-19)15(22)20-4-6-21(7-5-20)25(23,24)14-3-2-12(16)8-13(14)17/h2-3,8-10H,4-7H2,1H3. The molecule has 1 aromatic carbocycles. The minimum Gasteiger partial charge on any atom is -0.336 e. The van der Waals surface area contributed by atoms with Crippen molar-refractivity contribution >= 4 is 15.9 Å². The van der Waals surface area contributed by atoms with Gasteiger partial charge in [-0.2, -0.15) is 9.40 Å². The van der Waals surface area contributed by atoms with Gasteiger partial charge in [-0.15, -0.1) is 0 Å². The van der Waals surface area contributed by atoms with E-state index in [0.717, 1.165) is 16.4 Å². The average molecular weight is 370 g/mol. The Morgan fingerprint density at radius 1 is 1.16 bits per heavy atom. The van der Waals surface area contributed by atoms with Gasteiger partial charge in [0.1, 0.15) is 16.5 Å². The predicted octanol–water partition coefficient (Wildman–Crippen LogP) is 0.845. The summed E-state index contributed by atoms with van der Waals surface area (Å²) in [6.45, 7) is 0.418. The van der Waals surface area contributed by atoms with E-state index in [9.17, 15) is 22.0 Å². The summed E-state index contributed by atoms with van der Waals surface area (Å²) >= 11 is 0. The molecule has 3 rings (SSSR count). The lowest BCUT2D eigenvalue weighted by Crippen LogP contribution is -2.50. The molecular weight excluding hydrogens is 354 g/mol. The van der Waals surface area contributed by atoms with E-state index >= 15 is 0 Å². The minimum absolute atomic E-state index is 0.0329.